The molecule has 8 rings (SSSR count). The molecule has 6 aromatic carbocycles. The Morgan fingerprint density at radius 1 is 0.571 bits per heavy atom. The van der Waals surface area contributed by atoms with Crippen LogP contribution in [0.3, 0.4) is 0 Å². The molecule has 368 valence electrons. The summed E-state index contributed by atoms with van der Waals surface area (Å²) in [6.07, 6.45) is -7.32. The van der Waals surface area contributed by atoms with Crippen molar-refractivity contribution in [3.05, 3.63) is 198 Å². The third-order valence-electron chi connectivity index (χ3n) is 12.4. The molecule has 0 radical (unpaired) electrons. The minimum atomic E-state index is -1.19. The van der Waals surface area contributed by atoms with Gasteiger partial charge in [-0.05, 0) is 53.8 Å². The number of amides is 1. The van der Waals surface area contributed by atoms with Gasteiger partial charge in [-0.15, -0.1) is 0 Å². The fourth-order valence-electron chi connectivity index (χ4n) is 8.88. The fourth-order valence-corrected chi connectivity index (χ4v) is 8.88. The number of carbonyl (C=O) groups excluding carboxylic acids is 1. The maximum Gasteiger partial charge on any atom is 0.407 e. The average Bonchev–Trinajstić information content (AvgIpc) is 3.39. The second kappa shape index (κ2) is 25.0. The van der Waals surface area contributed by atoms with Gasteiger partial charge in [-0.25, -0.2) is 4.79 Å². The second-order valence-corrected chi connectivity index (χ2v) is 17.6. The zero-order valence-electron chi connectivity index (χ0n) is 40.1. The Balaban J connectivity index is 1.15. The van der Waals surface area contributed by atoms with E-state index < -0.39 is 60.8 Å². The van der Waals surface area contributed by atoms with Gasteiger partial charge in [0.2, 0.25) is 12.0 Å². The molecule has 2 fully saturated rings. The van der Waals surface area contributed by atoms with Crippen LogP contribution < -0.4 is 19.5 Å². The van der Waals surface area contributed by atoms with Crippen LogP contribution in [0.4, 0.5) is 4.79 Å². The van der Waals surface area contributed by atoms with Gasteiger partial charge in [-0.3, -0.25) is 0 Å². The van der Waals surface area contributed by atoms with E-state index in [0.717, 1.165) is 27.8 Å². The molecule has 0 spiro atoms. The molecule has 0 bridgehead atoms. The number of alkyl carbamates (subject to hydrolysis) is 1. The highest BCUT2D eigenvalue weighted by Crippen LogP contribution is 2.42. The smallest absolute Gasteiger partial charge is 0.407 e. The summed E-state index contributed by atoms with van der Waals surface area (Å²) in [6, 6.07) is 54.5. The molecule has 2 aliphatic heterocycles. The van der Waals surface area contributed by atoms with E-state index >= 15 is 0 Å². The molecular weight excluding hydrogens is 891 g/mol. The van der Waals surface area contributed by atoms with Crippen molar-refractivity contribution >= 4 is 6.09 Å². The van der Waals surface area contributed by atoms with Crippen molar-refractivity contribution in [3.8, 4) is 17.2 Å². The first-order valence-electron chi connectivity index (χ1n) is 23.7. The van der Waals surface area contributed by atoms with E-state index in [9.17, 15) is 4.79 Å². The lowest BCUT2D eigenvalue weighted by Gasteiger charge is -2.50. The summed E-state index contributed by atoms with van der Waals surface area (Å²) in [7, 11) is 3.12. The van der Waals surface area contributed by atoms with Crippen molar-refractivity contribution in [2.24, 2.45) is 0 Å². The number of nitrogens with one attached hydrogen (secondary N) is 1. The predicted molar refractivity (Wildman–Crippen MR) is 262 cm³/mol. The highest BCUT2D eigenvalue weighted by atomic mass is 16.8. The Bertz CT molecular complexity index is 2450. The standard InChI is InChI=1S/C57H63NO12/c1-40-54(65-37-44-27-16-8-17-28-44)57(2,58-56(59)66-38-45-29-18-9-19-30-45)33-49(67-40)69-53-52(64-36-43-25-14-7-15-26-43)51(63-35-42-23-12-6-13-24-42)48(39-62-34-41-21-10-5-11-22-41)68-55(53)70-50-46(60-3)31-20-32-47(50)61-4/h5-32,40,48-49,51-55H,33-39H2,1-4H3,(H,58,59)/t40-,48+,49-,51+,52-,53+,54+,55-,57-/m0/s1. The average molecular weight is 954 g/mol. The topological polar surface area (TPSA) is 131 Å². The summed E-state index contributed by atoms with van der Waals surface area (Å²) in [5.74, 6) is 1.12. The van der Waals surface area contributed by atoms with Crippen LogP contribution in [0.5, 0.6) is 17.2 Å². The summed E-state index contributed by atoms with van der Waals surface area (Å²) in [5, 5.41) is 3.17. The Hall–Kier alpha value is -6.29. The van der Waals surface area contributed by atoms with Crippen LogP contribution in [0.15, 0.2) is 170 Å². The van der Waals surface area contributed by atoms with Gasteiger partial charge in [-0.2, -0.15) is 0 Å². The predicted octanol–water partition coefficient (Wildman–Crippen LogP) is 9.99. The van der Waals surface area contributed by atoms with Gasteiger partial charge in [0.25, 0.3) is 0 Å². The van der Waals surface area contributed by atoms with Crippen molar-refractivity contribution in [2.45, 2.75) is 108 Å². The molecule has 1 amide bonds. The Labute approximate surface area is 410 Å². The molecule has 13 heteroatoms. The number of para-hydroxylation sites is 1. The van der Waals surface area contributed by atoms with Gasteiger partial charge >= 0.3 is 6.09 Å². The Kier molecular flexibility index (Phi) is 17.9. The van der Waals surface area contributed by atoms with Gasteiger partial charge in [0, 0.05) is 6.42 Å². The molecule has 0 saturated carbocycles. The quantitative estimate of drug-likeness (QED) is 0.0695. The van der Waals surface area contributed by atoms with Crippen LogP contribution in [-0.2, 0) is 70.9 Å². The van der Waals surface area contributed by atoms with Gasteiger partial charge in [0.1, 0.15) is 31.0 Å². The molecule has 6 aromatic rings. The van der Waals surface area contributed by atoms with Crippen molar-refractivity contribution in [2.75, 3.05) is 20.8 Å². The molecule has 2 saturated heterocycles. The highest BCUT2D eigenvalue weighted by Gasteiger charge is 2.54. The minimum Gasteiger partial charge on any atom is -0.493 e. The zero-order chi connectivity index (χ0) is 48.5. The fraction of sp³-hybridized carbons (Fsp3) is 0.351. The molecule has 2 heterocycles. The Morgan fingerprint density at radius 3 is 1.56 bits per heavy atom. The van der Waals surface area contributed by atoms with E-state index in [-0.39, 0.29) is 39.5 Å². The monoisotopic (exact) mass is 953 g/mol. The number of hydrogen-bond acceptors (Lipinski definition) is 12. The van der Waals surface area contributed by atoms with E-state index in [4.69, 9.17) is 52.1 Å². The molecule has 13 nitrogen and oxygen atoms in total. The number of benzene rings is 6. The van der Waals surface area contributed by atoms with Gasteiger partial charge in [0.05, 0.1) is 58.9 Å². The molecule has 1 N–H and O–H groups in total. The molecule has 2 aliphatic rings. The van der Waals surface area contributed by atoms with Crippen LogP contribution >= 0.6 is 0 Å². The van der Waals surface area contributed by atoms with Crippen LogP contribution in [0.1, 0.15) is 48.1 Å². The normalized spacial score (nSPS) is 24.3. The van der Waals surface area contributed by atoms with E-state index in [1.165, 1.54) is 0 Å². The maximum absolute atomic E-state index is 13.8. The van der Waals surface area contributed by atoms with E-state index in [0.29, 0.717) is 23.9 Å². The Morgan fingerprint density at radius 2 is 1.04 bits per heavy atom. The van der Waals surface area contributed by atoms with Crippen LogP contribution in [0.2, 0.25) is 0 Å². The number of ether oxygens (including phenoxy) is 11. The summed E-state index contributed by atoms with van der Waals surface area (Å²) < 4.78 is 72.4. The summed E-state index contributed by atoms with van der Waals surface area (Å²) in [6.45, 7) is 5.05. The SMILES string of the molecule is COc1cccc(OC)c1O[C@@H]1O[C@H](COCc2ccccc2)[C@@H](OCc2ccccc2)[C@H](OCc2ccccc2)[C@H]1O[C@H]1C[C@](C)(NC(=O)OCc2ccccc2)[C@H](OCc2ccccc2)[C@H](C)O1. The van der Waals surface area contributed by atoms with Crippen LogP contribution in [-0.4, -0.2) is 81.7 Å². The van der Waals surface area contributed by atoms with Crippen molar-refractivity contribution in [1.82, 2.24) is 5.32 Å². The van der Waals surface area contributed by atoms with Crippen molar-refractivity contribution in [1.29, 1.82) is 0 Å². The minimum absolute atomic E-state index is 0.0795. The third kappa shape index (κ3) is 13.5. The number of hydrogen-bond donors (Lipinski definition) is 1. The largest absolute Gasteiger partial charge is 0.493 e. The highest BCUT2D eigenvalue weighted by molar-refractivity contribution is 5.68. The first kappa shape index (κ1) is 50.1. The second-order valence-electron chi connectivity index (χ2n) is 17.6. The maximum atomic E-state index is 13.8. The van der Waals surface area contributed by atoms with Crippen LogP contribution in [0.25, 0.3) is 0 Å². The van der Waals surface area contributed by atoms with Gasteiger partial charge in [-0.1, -0.05) is 158 Å². The number of carbonyl (C=O) groups is 1. The lowest BCUT2D eigenvalue weighted by atomic mass is 9.84. The number of rotatable bonds is 22. The third-order valence-corrected chi connectivity index (χ3v) is 12.4. The summed E-state index contributed by atoms with van der Waals surface area (Å²) in [5.41, 5.74) is 3.62. The molecule has 0 aliphatic carbocycles. The summed E-state index contributed by atoms with van der Waals surface area (Å²) >= 11 is 0. The molecule has 0 aromatic heterocycles. The molecule has 9 atom stereocenters. The van der Waals surface area contributed by atoms with E-state index in [2.05, 4.69) is 5.32 Å². The summed E-state index contributed by atoms with van der Waals surface area (Å²) in [4.78, 5) is 13.8. The van der Waals surface area contributed by atoms with E-state index in [1.54, 1.807) is 26.4 Å². The van der Waals surface area contributed by atoms with Crippen molar-refractivity contribution in [3.63, 3.8) is 0 Å². The molecular formula is C57H63NO12. The molecule has 70 heavy (non-hydrogen) atoms. The first-order valence-corrected chi connectivity index (χ1v) is 23.7. The van der Waals surface area contributed by atoms with Crippen LogP contribution in [0, 0.1) is 0 Å². The zero-order valence-corrected chi connectivity index (χ0v) is 40.1. The van der Waals surface area contributed by atoms with E-state index in [1.807, 2.05) is 172 Å². The van der Waals surface area contributed by atoms with Gasteiger partial charge in [0.15, 0.2) is 23.9 Å². The molecule has 0 unspecified atom stereocenters. The van der Waals surface area contributed by atoms with Crippen molar-refractivity contribution < 1.29 is 56.9 Å². The first-order chi connectivity index (χ1) is 34.3. The number of methoxy groups -OCH3 is 2. The lowest BCUT2D eigenvalue weighted by molar-refractivity contribution is -0.347. The van der Waals surface area contributed by atoms with Gasteiger partial charge < -0.3 is 57.4 Å². The lowest BCUT2D eigenvalue weighted by Crippen LogP contribution is -2.67.